The third-order valence-corrected chi connectivity index (χ3v) is 2.11. The molecule has 0 aromatic rings. The van der Waals surface area contributed by atoms with Crippen molar-refractivity contribution in [3.8, 4) is 0 Å². The molecule has 0 aromatic carbocycles. The van der Waals surface area contributed by atoms with Crippen LogP contribution in [0.15, 0.2) is 0 Å². The van der Waals surface area contributed by atoms with Crippen molar-refractivity contribution in [2.45, 2.75) is 13.3 Å². The lowest BCUT2D eigenvalue weighted by Crippen LogP contribution is -2.43. The van der Waals surface area contributed by atoms with Gasteiger partial charge in [0.1, 0.15) is 13.2 Å². The molecule has 0 aliphatic heterocycles. The summed E-state index contributed by atoms with van der Waals surface area (Å²) in [4.78, 5) is 10.8. The number of hydrogen-bond acceptors (Lipinski definition) is 2. The van der Waals surface area contributed by atoms with Crippen LogP contribution in [-0.2, 0) is 9.53 Å². The minimum absolute atomic E-state index is 0.133. The Morgan fingerprint density at radius 2 is 2.00 bits per heavy atom. The van der Waals surface area contributed by atoms with Crippen molar-refractivity contribution in [2.75, 3.05) is 39.7 Å². The summed E-state index contributed by atoms with van der Waals surface area (Å²) in [5.41, 5.74) is 0. The number of rotatable bonds is 6. The van der Waals surface area contributed by atoms with Gasteiger partial charge in [-0.15, -0.1) is 11.6 Å². The van der Waals surface area contributed by atoms with Crippen LogP contribution in [0.3, 0.4) is 0 Å². The van der Waals surface area contributed by atoms with E-state index in [-0.39, 0.29) is 5.97 Å². The number of halogens is 1. The first-order valence-electron chi connectivity index (χ1n) is 4.55. The van der Waals surface area contributed by atoms with Gasteiger partial charge >= 0.3 is 5.97 Å². The number of hydrogen-bond donors (Lipinski definition) is 0. The lowest BCUT2D eigenvalue weighted by atomic mass is 10.4. The smallest absolute Gasteiger partial charge is 0.305 e. The number of ether oxygens (including phenoxy) is 1. The van der Waals surface area contributed by atoms with Gasteiger partial charge in [-0.25, -0.2) is 0 Å². The van der Waals surface area contributed by atoms with Crippen molar-refractivity contribution < 1.29 is 14.0 Å². The highest BCUT2D eigenvalue weighted by Gasteiger charge is 2.14. The van der Waals surface area contributed by atoms with Crippen LogP contribution in [0.4, 0.5) is 0 Å². The molecule has 0 atom stereocenters. The number of alkyl halides is 1. The van der Waals surface area contributed by atoms with E-state index in [1.807, 2.05) is 0 Å². The van der Waals surface area contributed by atoms with Crippen LogP contribution in [-0.4, -0.2) is 50.1 Å². The Kier molecular flexibility index (Phi) is 6.08. The average molecular weight is 209 g/mol. The van der Waals surface area contributed by atoms with Crippen LogP contribution >= 0.6 is 11.6 Å². The first-order valence-corrected chi connectivity index (χ1v) is 5.09. The molecule has 0 aliphatic rings. The molecule has 0 N–H and O–H groups in total. The molecule has 0 aliphatic carbocycles. The molecule has 3 nitrogen and oxygen atoms in total. The molecule has 0 spiro atoms. The fourth-order valence-electron chi connectivity index (χ4n) is 0.849. The highest BCUT2D eigenvalue weighted by molar-refractivity contribution is 6.17. The third-order valence-electron chi connectivity index (χ3n) is 1.94. The predicted molar refractivity (Wildman–Crippen MR) is 53.8 cm³/mol. The highest BCUT2D eigenvalue weighted by Crippen LogP contribution is 1.98. The Labute approximate surface area is 85.2 Å². The summed E-state index contributed by atoms with van der Waals surface area (Å²) >= 11 is 5.63. The highest BCUT2D eigenvalue weighted by atomic mass is 35.5. The summed E-state index contributed by atoms with van der Waals surface area (Å²) in [5, 5.41) is 0. The van der Waals surface area contributed by atoms with E-state index in [1.165, 1.54) is 0 Å². The summed E-state index contributed by atoms with van der Waals surface area (Å²) in [7, 11) is 4.14. The Morgan fingerprint density at radius 1 is 1.38 bits per heavy atom. The zero-order chi connectivity index (χ0) is 10.3. The molecule has 0 fully saturated rings. The monoisotopic (exact) mass is 208 g/mol. The molecule has 0 aromatic heterocycles. The standard InChI is InChI=1S/C9H19ClNO2/c1-4-9(12)13-8-7-11(2,3)6-5-10/h4-8H2,1-3H3/q+1. The molecular formula is C9H19ClNO2+. The summed E-state index contributed by atoms with van der Waals surface area (Å²) in [6.45, 7) is 3.99. The van der Waals surface area contributed by atoms with Crippen LogP contribution in [0, 0.1) is 0 Å². The van der Waals surface area contributed by atoms with Gasteiger partial charge in [0.05, 0.1) is 26.5 Å². The maximum absolute atomic E-state index is 10.8. The number of nitrogens with zero attached hydrogens (tertiary/aromatic N) is 1. The summed E-state index contributed by atoms with van der Waals surface area (Å²) in [5.74, 6) is 0.500. The predicted octanol–water partition coefficient (Wildman–Crippen LogP) is 1.25. The number of likely N-dealkylation sites (N-methyl/N-ethyl adjacent to an activating group) is 1. The first-order chi connectivity index (χ1) is 6.02. The van der Waals surface area contributed by atoms with E-state index in [1.54, 1.807) is 6.92 Å². The van der Waals surface area contributed by atoms with Crippen molar-refractivity contribution in [3.05, 3.63) is 0 Å². The summed E-state index contributed by atoms with van der Waals surface area (Å²) in [6.07, 6.45) is 0.447. The van der Waals surface area contributed by atoms with E-state index >= 15 is 0 Å². The molecule has 78 valence electrons. The van der Waals surface area contributed by atoms with Crippen LogP contribution < -0.4 is 0 Å². The van der Waals surface area contributed by atoms with E-state index in [4.69, 9.17) is 16.3 Å². The molecule has 0 amide bonds. The summed E-state index contributed by atoms with van der Waals surface area (Å²) in [6, 6.07) is 0. The van der Waals surface area contributed by atoms with Gasteiger partial charge in [0.2, 0.25) is 0 Å². The van der Waals surface area contributed by atoms with Gasteiger partial charge < -0.3 is 9.22 Å². The third kappa shape index (κ3) is 6.84. The maximum atomic E-state index is 10.8. The topological polar surface area (TPSA) is 26.3 Å². The van der Waals surface area contributed by atoms with Gasteiger partial charge in [-0.2, -0.15) is 0 Å². The largest absolute Gasteiger partial charge is 0.460 e. The van der Waals surface area contributed by atoms with Crippen molar-refractivity contribution >= 4 is 17.6 Å². The SMILES string of the molecule is CCC(=O)OCC[N+](C)(C)CCCl. The normalized spacial score (nSPS) is 11.4. The molecule has 0 radical (unpaired) electrons. The first kappa shape index (κ1) is 12.7. The second-order valence-corrected chi connectivity index (χ2v) is 4.02. The molecule has 0 unspecified atom stereocenters. The van der Waals surface area contributed by atoms with E-state index in [0.29, 0.717) is 18.9 Å². The Hall–Kier alpha value is -0.280. The molecular weight excluding hydrogens is 190 g/mol. The number of quaternary nitrogens is 1. The van der Waals surface area contributed by atoms with Gasteiger partial charge in [0.25, 0.3) is 0 Å². The second-order valence-electron chi connectivity index (χ2n) is 3.65. The lowest BCUT2D eigenvalue weighted by Gasteiger charge is -2.28. The van der Waals surface area contributed by atoms with Crippen molar-refractivity contribution in [3.63, 3.8) is 0 Å². The van der Waals surface area contributed by atoms with E-state index in [0.717, 1.165) is 17.6 Å². The quantitative estimate of drug-likeness (QED) is 0.373. The fourth-order valence-corrected chi connectivity index (χ4v) is 1.31. The fraction of sp³-hybridized carbons (Fsp3) is 0.889. The Bertz CT molecular complexity index is 160. The molecule has 0 saturated carbocycles. The Balaban J connectivity index is 3.56. The number of carbonyl (C=O) groups is 1. The molecule has 0 heterocycles. The minimum atomic E-state index is -0.133. The average Bonchev–Trinajstić information content (AvgIpc) is 2.03. The zero-order valence-corrected chi connectivity index (χ0v) is 9.43. The van der Waals surface area contributed by atoms with Crippen LogP contribution in [0.25, 0.3) is 0 Å². The van der Waals surface area contributed by atoms with E-state index < -0.39 is 0 Å². The van der Waals surface area contributed by atoms with Gasteiger partial charge in [-0.05, 0) is 0 Å². The molecule has 0 rings (SSSR count). The van der Waals surface area contributed by atoms with Crippen molar-refractivity contribution in [1.29, 1.82) is 0 Å². The minimum Gasteiger partial charge on any atom is -0.460 e. The van der Waals surface area contributed by atoms with Gasteiger partial charge in [-0.1, -0.05) is 6.92 Å². The van der Waals surface area contributed by atoms with Crippen molar-refractivity contribution in [1.82, 2.24) is 0 Å². The Morgan fingerprint density at radius 3 is 2.46 bits per heavy atom. The van der Waals surface area contributed by atoms with Crippen LogP contribution in [0.1, 0.15) is 13.3 Å². The maximum Gasteiger partial charge on any atom is 0.305 e. The van der Waals surface area contributed by atoms with E-state index in [2.05, 4.69) is 14.1 Å². The molecule has 4 heteroatoms. The van der Waals surface area contributed by atoms with Crippen molar-refractivity contribution in [2.24, 2.45) is 0 Å². The molecule has 0 bridgehead atoms. The molecule has 0 saturated heterocycles. The zero-order valence-electron chi connectivity index (χ0n) is 8.68. The van der Waals surface area contributed by atoms with Crippen LogP contribution in [0.5, 0.6) is 0 Å². The summed E-state index contributed by atoms with van der Waals surface area (Å²) < 4.78 is 5.77. The van der Waals surface area contributed by atoms with Gasteiger partial charge in [0.15, 0.2) is 0 Å². The van der Waals surface area contributed by atoms with E-state index in [9.17, 15) is 4.79 Å². The van der Waals surface area contributed by atoms with Gasteiger partial charge in [0, 0.05) is 6.42 Å². The molecule has 13 heavy (non-hydrogen) atoms. The van der Waals surface area contributed by atoms with Gasteiger partial charge in [-0.3, -0.25) is 4.79 Å². The lowest BCUT2D eigenvalue weighted by molar-refractivity contribution is -0.888. The van der Waals surface area contributed by atoms with Crippen LogP contribution in [0.2, 0.25) is 0 Å². The number of esters is 1. The second kappa shape index (κ2) is 6.22. The number of carbonyl (C=O) groups excluding carboxylic acids is 1.